The Bertz CT molecular complexity index is 875. The Balaban J connectivity index is 0.00000256. The highest BCUT2D eigenvalue weighted by molar-refractivity contribution is 14.0. The molecule has 1 spiro atoms. The Kier molecular flexibility index (Phi) is 7.39. The van der Waals surface area contributed by atoms with Gasteiger partial charge in [-0.25, -0.2) is 8.42 Å². The van der Waals surface area contributed by atoms with Crippen molar-refractivity contribution >= 4 is 45.5 Å². The molecule has 1 N–H and O–H groups in total. The van der Waals surface area contributed by atoms with E-state index in [1.807, 2.05) is 0 Å². The van der Waals surface area contributed by atoms with Gasteiger partial charge in [-0.2, -0.15) is 0 Å². The summed E-state index contributed by atoms with van der Waals surface area (Å²) >= 11 is 0. The number of guanidine groups is 1. The second-order valence-corrected chi connectivity index (χ2v) is 11.2. The zero-order valence-corrected chi connectivity index (χ0v) is 21.2. The molecule has 6 nitrogen and oxygen atoms in total. The van der Waals surface area contributed by atoms with Crippen LogP contribution in [0, 0.1) is 0 Å². The molecule has 0 unspecified atom stereocenters. The fraction of sp³-hybridized carbons (Fsp3) is 0.682. The number of hydrogen-bond acceptors (Lipinski definition) is 4. The molecule has 4 rings (SSSR count). The maximum absolute atomic E-state index is 12.6. The van der Waals surface area contributed by atoms with Gasteiger partial charge in [0.2, 0.25) is 0 Å². The van der Waals surface area contributed by atoms with Gasteiger partial charge in [0.15, 0.2) is 15.8 Å². The van der Waals surface area contributed by atoms with Gasteiger partial charge in [0, 0.05) is 43.7 Å². The van der Waals surface area contributed by atoms with Crippen LogP contribution in [0.25, 0.3) is 0 Å². The molecule has 2 fully saturated rings. The van der Waals surface area contributed by atoms with Crippen molar-refractivity contribution in [3.8, 4) is 0 Å². The van der Waals surface area contributed by atoms with Crippen molar-refractivity contribution in [3.05, 3.63) is 29.8 Å². The Morgan fingerprint density at radius 2 is 1.83 bits per heavy atom. The van der Waals surface area contributed by atoms with Crippen molar-refractivity contribution in [1.29, 1.82) is 0 Å². The van der Waals surface area contributed by atoms with Crippen molar-refractivity contribution in [2.75, 3.05) is 44.0 Å². The lowest BCUT2D eigenvalue weighted by Crippen LogP contribution is -2.48. The van der Waals surface area contributed by atoms with Gasteiger partial charge in [-0.1, -0.05) is 31.0 Å². The first-order chi connectivity index (χ1) is 13.9. The number of sulfone groups is 1. The monoisotopic (exact) mass is 547 g/mol. The zero-order valence-electron chi connectivity index (χ0n) is 18.0. The van der Waals surface area contributed by atoms with E-state index < -0.39 is 14.6 Å². The lowest BCUT2D eigenvalue weighted by molar-refractivity contribution is 0.0768. The number of anilines is 1. The Hall–Kier alpha value is -0.870. The van der Waals surface area contributed by atoms with Crippen LogP contribution in [-0.4, -0.2) is 58.2 Å². The van der Waals surface area contributed by atoms with Gasteiger partial charge in [-0.05, 0) is 44.2 Å². The number of para-hydroxylation sites is 1. The van der Waals surface area contributed by atoms with E-state index in [-0.39, 0.29) is 35.9 Å². The minimum Gasteiger partial charge on any atom is -0.381 e. The largest absolute Gasteiger partial charge is 0.381 e. The Morgan fingerprint density at radius 3 is 2.47 bits per heavy atom. The highest BCUT2D eigenvalue weighted by atomic mass is 127. The van der Waals surface area contributed by atoms with E-state index in [1.165, 1.54) is 43.2 Å². The fourth-order valence-corrected chi connectivity index (χ4v) is 6.51. The lowest BCUT2D eigenvalue weighted by Gasteiger charge is -2.34. The van der Waals surface area contributed by atoms with Gasteiger partial charge >= 0.3 is 0 Å². The summed E-state index contributed by atoms with van der Waals surface area (Å²) in [6, 6.07) is 8.66. The SMILES string of the molecule is CCNC(=NCC1(S(C)(=O)=O)CCOCC1)N1CC2(CCCC2)c2ccccc21.I. The van der Waals surface area contributed by atoms with Crippen LogP contribution in [0.2, 0.25) is 0 Å². The molecule has 0 aromatic heterocycles. The standard InChI is InChI=1S/C22H33N3O3S.HI/c1-3-23-20(24-16-22(29(2,26)27)12-14-28-15-13-22)25-17-21(10-6-7-11-21)18-8-4-5-9-19(18)25;/h4-5,8-9H,3,6-7,10-17H2,1-2H3,(H,23,24);1H. The molecular weight excluding hydrogens is 513 g/mol. The first kappa shape index (κ1) is 23.8. The van der Waals surface area contributed by atoms with Gasteiger partial charge < -0.3 is 15.0 Å². The number of rotatable bonds is 4. The Morgan fingerprint density at radius 1 is 1.17 bits per heavy atom. The number of fused-ring (bicyclic) bond motifs is 2. The molecular formula is C22H34IN3O3S. The quantitative estimate of drug-likeness (QED) is 0.355. The van der Waals surface area contributed by atoms with Crippen molar-refractivity contribution in [2.45, 2.75) is 55.6 Å². The van der Waals surface area contributed by atoms with Gasteiger partial charge in [-0.3, -0.25) is 4.99 Å². The van der Waals surface area contributed by atoms with Gasteiger partial charge in [0.25, 0.3) is 0 Å². The van der Waals surface area contributed by atoms with Gasteiger partial charge in [-0.15, -0.1) is 24.0 Å². The zero-order chi connectivity index (χ0) is 20.5. The molecule has 2 heterocycles. The first-order valence-corrected chi connectivity index (χ1v) is 12.7. The molecule has 1 aromatic carbocycles. The number of ether oxygens (including phenoxy) is 1. The molecule has 0 atom stereocenters. The third kappa shape index (κ3) is 4.24. The highest BCUT2D eigenvalue weighted by Gasteiger charge is 2.46. The van der Waals surface area contributed by atoms with Gasteiger partial charge in [0.05, 0.1) is 11.3 Å². The molecule has 2 aliphatic heterocycles. The summed E-state index contributed by atoms with van der Waals surface area (Å²) in [5, 5.41) is 3.43. The van der Waals surface area contributed by atoms with E-state index in [0.717, 1.165) is 19.0 Å². The maximum atomic E-state index is 12.6. The molecule has 1 aromatic rings. The van der Waals surface area contributed by atoms with Gasteiger partial charge in [0.1, 0.15) is 0 Å². The predicted molar refractivity (Wildman–Crippen MR) is 133 cm³/mol. The van der Waals surface area contributed by atoms with Crippen LogP contribution in [-0.2, 0) is 20.0 Å². The normalized spacial score (nSPS) is 22.6. The van der Waals surface area contributed by atoms with E-state index in [0.29, 0.717) is 26.1 Å². The smallest absolute Gasteiger partial charge is 0.198 e. The van der Waals surface area contributed by atoms with Crippen LogP contribution in [0.5, 0.6) is 0 Å². The van der Waals surface area contributed by atoms with Crippen LogP contribution in [0.3, 0.4) is 0 Å². The molecule has 8 heteroatoms. The average molecular weight is 548 g/mol. The average Bonchev–Trinajstić information content (AvgIpc) is 3.31. The summed E-state index contributed by atoms with van der Waals surface area (Å²) < 4.78 is 29.9. The van der Waals surface area contributed by atoms with Crippen molar-refractivity contribution in [2.24, 2.45) is 4.99 Å². The van der Waals surface area contributed by atoms with Crippen LogP contribution in [0.4, 0.5) is 5.69 Å². The van der Waals surface area contributed by atoms with Crippen LogP contribution in [0.1, 0.15) is 51.0 Å². The number of hydrogen-bond donors (Lipinski definition) is 1. The summed E-state index contributed by atoms with van der Waals surface area (Å²) in [5.74, 6) is 0.804. The molecule has 0 radical (unpaired) electrons. The summed E-state index contributed by atoms with van der Waals surface area (Å²) in [5.41, 5.74) is 2.85. The molecule has 3 aliphatic rings. The number of halogens is 1. The molecule has 30 heavy (non-hydrogen) atoms. The Labute approximate surface area is 197 Å². The highest BCUT2D eigenvalue weighted by Crippen LogP contribution is 2.50. The number of aliphatic imine (C=N–C) groups is 1. The third-order valence-electron chi connectivity index (χ3n) is 7.09. The fourth-order valence-electron chi connectivity index (χ4n) is 5.30. The third-order valence-corrected chi connectivity index (χ3v) is 9.20. The van der Waals surface area contributed by atoms with E-state index in [2.05, 4.69) is 41.4 Å². The van der Waals surface area contributed by atoms with Crippen LogP contribution in [0.15, 0.2) is 29.3 Å². The number of nitrogens with one attached hydrogen (secondary N) is 1. The molecule has 0 bridgehead atoms. The van der Waals surface area contributed by atoms with Crippen LogP contribution < -0.4 is 10.2 Å². The molecule has 1 saturated carbocycles. The van der Waals surface area contributed by atoms with E-state index in [9.17, 15) is 8.42 Å². The summed E-state index contributed by atoms with van der Waals surface area (Å²) in [7, 11) is -3.24. The number of nitrogens with zero attached hydrogens (tertiary/aromatic N) is 2. The van der Waals surface area contributed by atoms with E-state index in [1.54, 1.807) is 0 Å². The van der Waals surface area contributed by atoms with E-state index >= 15 is 0 Å². The summed E-state index contributed by atoms with van der Waals surface area (Å²) in [6.07, 6.45) is 7.33. The summed E-state index contributed by atoms with van der Waals surface area (Å²) in [4.78, 5) is 7.20. The van der Waals surface area contributed by atoms with E-state index in [4.69, 9.17) is 9.73 Å². The number of benzene rings is 1. The van der Waals surface area contributed by atoms with Crippen LogP contribution >= 0.6 is 24.0 Å². The van der Waals surface area contributed by atoms with Crippen molar-refractivity contribution < 1.29 is 13.2 Å². The minimum atomic E-state index is -3.24. The molecule has 0 amide bonds. The topological polar surface area (TPSA) is 71.0 Å². The molecule has 1 saturated heterocycles. The molecule has 1 aliphatic carbocycles. The molecule has 168 valence electrons. The second-order valence-electron chi connectivity index (χ2n) is 8.83. The second kappa shape index (κ2) is 9.32. The minimum absolute atomic E-state index is 0. The van der Waals surface area contributed by atoms with Crippen molar-refractivity contribution in [1.82, 2.24) is 5.32 Å². The summed E-state index contributed by atoms with van der Waals surface area (Å²) in [6.45, 7) is 4.98. The van der Waals surface area contributed by atoms with Crippen molar-refractivity contribution in [3.63, 3.8) is 0 Å². The lowest BCUT2D eigenvalue weighted by atomic mass is 9.81. The maximum Gasteiger partial charge on any atom is 0.198 e. The predicted octanol–water partition coefficient (Wildman–Crippen LogP) is 3.50. The first-order valence-electron chi connectivity index (χ1n) is 10.8.